The third-order valence-electron chi connectivity index (χ3n) is 4.79. The Morgan fingerprint density at radius 2 is 1.97 bits per heavy atom. The van der Waals surface area contributed by atoms with Crippen LogP contribution in [0.25, 0.3) is 0 Å². The Morgan fingerprint density at radius 1 is 1.13 bits per heavy atom. The fraction of sp³-hybridized carbons (Fsp3) is 0.565. The monoisotopic (exact) mass is 448 g/mol. The number of hydrogen-bond acceptors (Lipinski definition) is 5. The Morgan fingerprint density at radius 3 is 2.77 bits per heavy atom. The number of benzene rings is 1. The fourth-order valence-electron chi connectivity index (χ4n) is 3.25. The number of hydrogen-bond donors (Lipinski definition) is 3. The van der Waals surface area contributed by atoms with Gasteiger partial charge in [-0.25, -0.2) is 4.79 Å². The molecule has 0 spiro atoms. The molecule has 0 bridgehead atoms. The highest BCUT2D eigenvalue weighted by Gasteiger charge is 2.10. The number of ether oxygens (including phenoxy) is 1. The van der Waals surface area contributed by atoms with E-state index in [2.05, 4.69) is 33.0 Å². The largest absolute Gasteiger partial charge is 0.490 e. The van der Waals surface area contributed by atoms with E-state index in [0.29, 0.717) is 37.7 Å². The lowest BCUT2D eigenvalue weighted by Gasteiger charge is -2.26. The quantitative estimate of drug-likeness (QED) is 0.319. The van der Waals surface area contributed by atoms with Gasteiger partial charge in [-0.15, -0.1) is 0 Å². The smallest absolute Gasteiger partial charge is 0.314 e. The van der Waals surface area contributed by atoms with E-state index in [0.717, 1.165) is 12.3 Å². The van der Waals surface area contributed by atoms with Gasteiger partial charge in [0.25, 0.3) is 0 Å². The molecule has 1 heterocycles. The van der Waals surface area contributed by atoms with Gasteiger partial charge in [-0.05, 0) is 56.6 Å². The van der Waals surface area contributed by atoms with Crippen LogP contribution in [0.2, 0.25) is 0 Å². The van der Waals surface area contributed by atoms with Crippen molar-refractivity contribution in [3.63, 3.8) is 0 Å². The molecule has 7 nitrogen and oxygen atoms in total. The van der Waals surface area contributed by atoms with Gasteiger partial charge >= 0.3 is 6.03 Å². The highest BCUT2D eigenvalue weighted by molar-refractivity contribution is 7.99. The summed E-state index contributed by atoms with van der Waals surface area (Å²) < 4.78 is 5.81. The summed E-state index contributed by atoms with van der Waals surface area (Å²) >= 11 is 1.49. The summed E-state index contributed by atoms with van der Waals surface area (Å²) in [5.41, 5.74) is 1.29. The van der Waals surface area contributed by atoms with E-state index in [-0.39, 0.29) is 11.9 Å². The van der Waals surface area contributed by atoms with Crippen LogP contribution in [0.1, 0.15) is 31.7 Å². The molecule has 31 heavy (non-hydrogen) atoms. The summed E-state index contributed by atoms with van der Waals surface area (Å²) in [7, 11) is 0. The van der Waals surface area contributed by atoms with Gasteiger partial charge in [0.1, 0.15) is 12.4 Å². The summed E-state index contributed by atoms with van der Waals surface area (Å²) in [5.74, 6) is 1.94. The highest BCUT2D eigenvalue weighted by atomic mass is 32.2. The second kappa shape index (κ2) is 15.6. The van der Waals surface area contributed by atoms with E-state index >= 15 is 0 Å². The number of nitrogens with one attached hydrogen (secondary N) is 3. The predicted octanol–water partition coefficient (Wildman–Crippen LogP) is 2.78. The van der Waals surface area contributed by atoms with E-state index < -0.39 is 0 Å². The van der Waals surface area contributed by atoms with Crippen LogP contribution in [-0.4, -0.2) is 67.7 Å². The molecule has 3 N–H and O–H groups in total. The van der Waals surface area contributed by atoms with Crippen molar-refractivity contribution in [1.29, 1.82) is 0 Å². The van der Waals surface area contributed by atoms with Crippen molar-refractivity contribution < 1.29 is 14.3 Å². The van der Waals surface area contributed by atoms with E-state index in [1.54, 1.807) is 0 Å². The molecular formula is C23H36N4O3S. The van der Waals surface area contributed by atoms with Crippen molar-refractivity contribution in [2.24, 2.45) is 0 Å². The molecule has 0 atom stereocenters. The predicted molar refractivity (Wildman–Crippen MR) is 128 cm³/mol. The van der Waals surface area contributed by atoms with Crippen LogP contribution in [-0.2, 0) is 11.3 Å². The molecular weight excluding hydrogens is 412 g/mol. The molecule has 2 rings (SSSR count). The van der Waals surface area contributed by atoms with Crippen molar-refractivity contribution in [3.05, 3.63) is 42.0 Å². The molecule has 1 aromatic carbocycles. The van der Waals surface area contributed by atoms with Crippen LogP contribution in [0, 0.1) is 0 Å². The maximum Gasteiger partial charge on any atom is 0.314 e. The molecule has 8 heteroatoms. The number of carbonyl (C=O) groups excluding carboxylic acids is 2. The van der Waals surface area contributed by atoms with Crippen LogP contribution >= 0.6 is 11.8 Å². The van der Waals surface area contributed by atoms with Crippen LogP contribution < -0.4 is 20.7 Å². The molecule has 1 fully saturated rings. The van der Waals surface area contributed by atoms with E-state index in [4.69, 9.17) is 4.74 Å². The average Bonchev–Trinajstić information content (AvgIpc) is 2.77. The number of rotatable bonds is 13. The number of urea groups is 1. The van der Waals surface area contributed by atoms with Crippen molar-refractivity contribution in [2.45, 2.75) is 32.7 Å². The standard InChI is InChI=1S/C23H36N4O3S/c1-2-24-23(29)26-12-16-31-19-22(28)25-11-4-7-15-30-21-10-8-9-20(17-21)18-27-13-5-3-6-14-27/h4,7-10,17H,2-3,5-6,11-16,18-19H2,1H3,(H,25,28)(H2,24,26,29)/b7-4-. The van der Waals surface area contributed by atoms with Crippen molar-refractivity contribution >= 4 is 23.7 Å². The molecule has 1 aliphatic rings. The molecule has 0 saturated carbocycles. The molecule has 0 aromatic heterocycles. The Hall–Kier alpha value is -2.19. The SMILES string of the molecule is CCNC(=O)NCCSCC(=O)NC/C=C\COc1cccc(CN2CCCCC2)c1. The second-order valence-electron chi connectivity index (χ2n) is 7.41. The highest BCUT2D eigenvalue weighted by Crippen LogP contribution is 2.17. The average molecular weight is 449 g/mol. The van der Waals surface area contributed by atoms with E-state index in [9.17, 15) is 9.59 Å². The van der Waals surface area contributed by atoms with E-state index in [1.807, 2.05) is 31.2 Å². The Labute approximate surface area is 190 Å². The minimum atomic E-state index is -0.173. The summed E-state index contributed by atoms with van der Waals surface area (Å²) in [4.78, 5) is 25.5. The van der Waals surface area contributed by atoms with Gasteiger partial charge in [0, 0.05) is 31.9 Å². The fourth-order valence-corrected chi connectivity index (χ4v) is 3.93. The zero-order chi connectivity index (χ0) is 22.2. The van der Waals surface area contributed by atoms with Gasteiger partial charge in [0.15, 0.2) is 0 Å². The number of thioether (sulfide) groups is 1. The molecule has 1 saturated heterocycles. The topological polar surface area (TPSA) is 82.7 Å². The Kier molecular flexibility index (Phi) is 12.6. The van der Waals surface area contributed by atoms with Gasteiger partial charge in [-0.3, -0.25) is 9.69 Å². The first-order chi connectivity index (χ1) is 15.2. The molecule has 172 valence electrons. The van der Waals surface area contributed by atoms with Crippen LogP contribution in [0.15, 0.2) is 36.4 Å². The Balaban J connectivity index is 1.52. The van der Waals surface area contributed by atoms with Crippen LogP contribution in [0.4, 0.5) is 4.79 Å². The maximum atomic E-state index is 11.8. The number of piperidine rings is 1. The second-order valence-corrected chi connectivity index (χ2v) is 8.51. The minimum Gasteiger partial charge on any atom is -0.490 e. The summed E-state index contributed by atoms with van der Waals surface area (Å²) in [6.07, 6.45) is 7.76. The Bertz CT molecular complexity index is 693. The lowest BCUT2D eigenvalue weighted by atomic mass is 10.1. The summed E-state index contributed by atoms with van der Waals surface area (Å²) in [6.45, 7) is 7.33. The molecule has 1 aromatic rings. The van der Waals surface area contributed by atoms with Crippen molar-refractivity contribution in [3.8, 4) is 5.75 Å². The lowest BCUT2D eigenvalue weighted by molar-refractivity contribution is -0.118. The maximum absolute atomic E-state index is 11.8. The minimum absolute atomic E-state index is 0.0148. The number of nitrogens with zero attached hydrogens (tertiary/aromatic N) is 1. The first-order valence-corrected chi connectivity index (χ1v) is 12.3. The van der Waals surface area contributed by atoms with Crippen LogP contribution in [0.3, 0.4) is 0 Å². The molecule has 0 aliphatic carbocycles. The first kappa shape index (κ1) is 25.1. The number of amides is 3. The first-order valence-electron chi connectivity index (χ1n) is 11.1. The molecule has 0 unspecified atom stereocenters. The van der Waals surface area contributed by atoms with Crippen molar-refractivity contribution in [2.75, 3.05) is 50.8 Å². The molecule has 1 aliphatic heterocycles. The van der Waals surface area contributed by atoms with Gasteiger partial charge in [-0.2, -0.15) is 11.8 Å². The molecule has 0 radical (unpaired) electrons. The third kappa shape index (κ3) is 11.7. The van der Waals surface area contributed by atoms with Gasteiger partial charge in [-0.1, -0.05) is 24.6 Å². The van der Waals surface area contributed by atoms with Gasteiger partial charge in [0.05, 0.1) is 5.75 Å². The zero-order valence-electron chi connectivity index (χ0n) is 18.5. The van der Waals surface area contributed by atoms with Crippen LogP contribution in [0.5, 0.6) is 5.75 Å². The van der Waals surface area contributed by atoms with Gasteiger partial charge < -0.3 is 20.7 Å². The third-order valence-corrected chi connectivity index (χ3v) is 5.74. The zero-order valence-corrected chi connectivity index (χ0v) is 19.3. The number of likely N-dealkylation sites (tertiary alicyclic amines) is 1. The summed E-state index contributed by atoms with van der Waals surface area (Å²) in [6, 6.07) is 8.12. The summed E-state index contributed by atoms with van der Waals surface area (Å²) in [5, 5.41) is 8.24. The lowest BCUT2D eigenvalue weighted by Crippen LogP contribution is -2.36. The van der Waals surface area contributed by atoms with Gasteiger partial charge in [0.2, 0.25) is 5.91 Å². The normalized spacial score (nSPS) is 14.4. The van der Waals surface area contributed by atoms with E-state index in [1.165, 1.54) is 49.7 Å². The number of carbonyl (C=O) groups is 2. The van der Waals surface area contributed by atoms with Crippen molar-refractivity contribution in [1.82, 2.24) is 20.9 Å². The molecule has 3 amide bonds.